The molecule has 0 saturated heterocycles. The number of rotatable bonds is 5. The molecular weight excluding hydrogens is 304 g/mol. The second kappa shape index (κ2) is 6.75. The van der Waals surface area contributed by atoms with Gasteiger partial charge in [-0.15, -0.1) is 0 Å². The van der Waals surface area contributed by atoms with E-state index in [1.165, 1.54) is 37.1 Å². The quantitative estimate of drug-likeness (QED) is 0.838. The molecule has 1 aromatic rings. The Morgan fingerprint density at radius 3 is 2.23 bits per heavy atom. The molecule has 0 aliphatic heterocycles. The molecule has 0 atom stereocenters. The standard InChI is InChI=1S/C15H24N2O4S/c1-17(11-7-5-4-6-8-11)22(18,19)15-10-13(20-2)12(16)9-14(15)21-3/h9-11H,4-8,16H2,1-3H3. The normalized spacial score (nSPS) is 16.7. The maximum Gasteiger partial charge on any atom is 0.246 e. The fourth-order valence-corrected chi connectivity index (χ4v) is 4.46. The van der Waals surface area contributed by atoms with Crippen LogP contribution in [-0.2, 0) is 10.0 Å². The van der Waals surface area contributed by atoms with Gasteiger partial charge in [-0.2, -0.15) is 4.31 Å². The molecule has 0 spiro atoms. The Bertz CT molecular complexity index is 625. The van der Waals surface area contributed by atoms with E-state index in [1.54, 1.807) is 7.05 Å². The maximum absolute atomic E-state index is 12.9. The number of nitrogen functional groups attached to an aromatic ring is 1. The molecule has 2 N–H and O–H groups in total. The van der Waals surface area contributed by atoms with Gasteiger partial charge in [0, 0.05) is 25.2 Å². The Labute approximate surface area is 132 Å². The van der Waals surface area contributed by atoms with E-state index in [9.17, 15) is 8.42 Å². The maximum atomic E-state index is 12.9. The second-order valence-electron chi connectivity index (χ2n) is 5.56. The monoisotopic (exact) mass is 328 g/mol. The SMILES string of the molecule is COc1cc(S(=O)(=O)N(C)C2CCCCC2)c(OC)cc1N. The number of hydrogen-bond acceptors (Lipinski definition) is 5. The van der Waals surface area contributed by atoms with Crippen LogP contribution < -0.4 is 15.2 Å². The van der Waals surface area contributed by atoms with Crippen molar-refractivity contribution in [1.82, 2.24) is 4.31 Å². The fourth-order valence-electron chi connectivity index (χ4n) is 2.89. The summed E-state index contributed by atoms with van der Waals surface area (Å²) in [6.45, 7) is 0. The molecule has 124 valence electrons. The zero-order chi connectivity index (χ0) is 16.3. The van der Waals surface area contributed by atoms with E-state index in [1.807, 2.05) is 0 Å². The molecule has 1 aliphatic rings. The van der Waals surface area contributed by atoms with Crippen LogP contribution in [0.25, 0.3) is 0 Å². The summed E-state index contributed by atoms with van der Waals surface area (Å²) in [6.07, 6.45) is 5.08. The van der Waals surface area contributed by atoms with Crippen molar-refractivity contribution in [2.45, 2.75) is 43.0 Å². The highest BCUT2D eigenvalue weighted by molar-refractivity contribution is 7.89. The van der Waals surface area contributed by atoms with E-state index in [0.29, 0.717) is 11.4 Å². The Morgan fingerprint density at radius 2 is 1.68 bits per heavy atom. The Balaban J connectivity index is 2.43. The molecule has 1 saturated carbocycles. The lowest BCUT2D eigenvalue weighted by Gasteiger charge is -2.30. The summed E-state index contributed by atoms with van der Waals surface area (Å²) < 4.78 is 37.7. The third-order valence-electron chi connectivity index (χ3n) is 4.26. The van der Waals surface area contributed by atoms with Crippen molar-refractivity contribution in [3.8, 4) is 11.5 Å². The van der Waals surface area contributed by atoms with Crippen LogP contribution in [0.4, 0.5) is 5.69 Å². The van der Waals surface area contributed by atoms with E-state index in [-0.39, 0.29) is 16.7 Å². The van der Waals surface area contributed by atoms with Gasteiger partial charge in [0.05, 0.1) is 19.9 Å². The molecule has 2 rings (SSSR count). The minimum atomic E-state index is -3.66. The summed E-state index contributed by atoms with van der Waals surface area (Å²) in [5.74, 6) is 0.567. The topological polar surface area (TPSA) is 81.9 Å². The van der Waals surface area contributed by atoms with Crippen molar-refractivity contribution < 1.29 is 17.9 Å². The number of methoxy groups -OCH3 is 2. The van der Waals surface area contributed by atoms with Gasteiger partial charge < -0.3 is 15.2 Å². The van der Waals surface area contributed by atoms with Crippen molar-refractivity contribution in [1.29, 1.82) is 0 Å². The molecule has 1 aliphatic carbocycles. The number of nitrogens with two attached hydrogens (primary N) is 1. The van der Waals surface area contributed by atoms with E-state index < -0.39 is 10.0 Å². The first kappa shape index (κ1) is 16.9. The fraction of sp³-hybridized carbons (Fsp3) is 0.600. The minimum Gasteiger partial charge on any atom is -0.495 e. The molecule has 1 fully saturated rings. The van der Waals surface area contributed by atoms with E-state index in [4.69, 9.17) is 15.2 Å². The van der Waals surface area contributed by atoms with Crippen molar-refractivity contribution in [2.75, 3.05) is 27.0 Å². The van der Waals surface area contributed by atoms with Crippen molar-refractivity contribution in [3.05, 3.63) is 12.1 Å². The number of anilines is 1. The summed E-state index contributed by atoms with van der Waals surface area (Å²) in [5.41, 5.74) is 6.17. The number of sulfonamides is 1. The average Bonchev–Trinajstić information content (AvgIpc) is 2.54. The highest BCUT2D eigenvalue weighted by atomic mass is 32.2. The smallest absolute Gasteiger partial charge is 0.246 e. The minimum absolute atomic E-state index is 0.0343. The average molecular weight is 328 g/mol. The summed E-state index contributed by atoms with van der Waals surface area (Å²) in [6, 6.07) is 2.95. The zero-order valence-electron chi connectivity index (χ0n) is 13.3. The summed E-state index contributed by atoms with van der Waals surface area (Å²) in [4.78, 5) is 0.0918. The van der Waals surface area contributed by atoms with Gasteiger partial charge in [-0.05, 0) is 12.8 Å². The lowest BCUT2D eigenvalue weighted by atomic mass is 9.96. The van der Waals surface area contributed by atoms with Gasteiger partial charge in [-0.1, -0.05) is 19.3 Å². The van der Waals surface area contributed by atoms with Gasteiger partial charge in [-0.25, -0.2) is 8.42 Å². The molecule has 0 bridgehead atoms. The molecule has 0 heterocycles. The van der Waals surface area contributed by atoms with Gasteiger partial charge in [-0.3, -0.25) is 0 Å². The van der Waals surface area contributed by atoms with Crippen LogP contribution in [0.2, 0.25) is 0 Å². The highest BCUT2D eigenvalue weighted by Crippen LogP contribution is 2.36. The first-order valence-corrected chi connectivity index (χ1v) is 8.85. The lowest BCUT2D eigenvalue weighted by Crippen LogP contribution is -2.38. The van der Waals surface area contributed by atoms with Gasteiger partial charge >= 0.3 is 0 Å². The van der Waals surface area contributed by atoms with Gasteiger partial charge in [0.25, 0.3) is 0 Å². The number of hydrogen-bond donors (Lipinski definition) is 1. The van der Waals surface area contributed by atoms with E-state index in [2.05, 4.69) is 0 Å². The van der Waals surface area contributed by atoms with E-state index >= 15 is 0 Å². The summed E-state index contributed by atoms with van der Waals surface area (Å²) >= 11 is 0. The molecule has 0 unspecified atom stereocenters. The van der Waals surface area contributed by atoms with Crippen LogP contribution in [0, 0.1) is 0 Å². The van der Waals surface area contributed by atoms with Crippen molar-refractivity contribution in [3.63, 3.8) is 0 Å². The summed E-state index contributed by atoms with van der Waals surface area (Å²) in [7, 11) is 0.864. The van der Waals surface area contributed by atoms with Crippen LogP contribution in [0.15, 0.2) is 17.0 Å². The molecule has 1 aromatic carbocycles. The molecule has 6 nitrogen and oxygen atoms in total. The van der Waals surface area contributed by atoms with E-state index in [0.717, 1.165) is 25.7 Å². The molecule has 22 heavy (non-hydrogen) atoms. The zero-order valence-corrected chi connectivity index (χ0v) is 14.1. The van der Waals surface area contributed by atoms with Crippen LogP contribution in [0.5, 0.6) is 11.5 Å². The van der Waals surface area contributed by atoms with Gasteiger partial charge in [0.15, 0.2) is 0 Å². The first-order chi connectivity index (χ1) is 10.4. The Morgan fingerprint density at radius 1 is 1.09 bits per heavy atom. The molecule has 0 aromatic heterocycles. The van der Waals surface area contributed by atoms with Crippen LogP contribution in [0.1, 0.15) is 32.1 Å². The number of ether oxygens (including phenoxy) is 2. The largest absolute Gasteiger partial charge is 0.495 e. The number of nitrogens with zero attached hydrogens (tertiary/aromatic N) is 1. The molecule has 7 heteroatoms. The highest BCUT2D eigenvalue weighted by Gasteiger charge is 2.32. The van der Waals surface area contributed by atoms with Gasteiger partial charge in [0.2, 0.25) is 10.0 Å². The molecule has 0 radical (unpaired) electrons. The third-order valence-corrected chi connectivity index (χ3v) is 6.19. The second-order valence-corrected chi connectivity index (χ2v) is 7.52. The third kappa shape index (κ3) is 3.15. The summed E-state index contributed by atoms with van der Waals surface area (Å²) in [5, 5.41) is 0. The number of benzene rings is 1. The molecular formula is C15H24N2O4S. The van der Waals surface area contributed by atoms with Crippen LogP contribution in [0.3, 0.4) is 0 Å². The lowest BCUT2D eigenvalue weighted by molar-refractivity contribution is 0.284. The Kier molecular flexibility index (Phi) is 5.18. The first-order valence-electron chi connectivity index (χ1n) is 7.41. The van der Waals surface area contributed by atoms with Crippen LogP contribution >= 0.6 is 0 Å². The predicted molar refractivity (Wildman–Crippen MR) is 85.8 cm³/mol. The molecule has 0 amide bonds. The van der Waals surface area contributed by atoms with Gasteiger partial charge in [0.1, 0.15) is 16.4 Å². The van der Waals surface area contributed by atoms with Crippen LogP contribution in [-0.4, -0.2) is 40.0 Å². The van der Waals surface area contributed by atoms with Crippen molar-refractivity contribution >= 4 is 15.7 Å². The predicted octanol–water partition coefficient (Wildman–Crippen LogP) is 2.24. The Hall–Kier alpha value is -1.47. The van der Waals surface area contributed by atoms with Crippen molar-refractivity contribution in [2.24, 2.45) is 0 Å².